The van der Waals surface area contributed by atoms with Crippen molar-refractivity contribution in [2.45, 2.75) is 25.8 Å². The highest BCUT2D eigenvalue weighted by Gasteiger charge is 2.28. The van der Waals surface area contributed by atoms with Crippen LogP contribution in [0.4, 0.5) is 5.69 Å². The van der Waals surface area contributed by atoms with Crippen LogP contribution in [0.15, 0.2) is 36.4 Å². The molecular formula is C12H15N. The maximum Gasteiger partial charge on any atom is 0.0569 e. The summed E-state index contributed by atoms with van der Waals surface area (Å²) in [4.78, 5) is 0. The van der Waals surface area contributed by atoms with E-state index in [1.165, 1.54) is 11.3 Å². The average Bonchev–Trinajstić information content (AvgIpc) is 2.40. The zero-order chi connectivity index (χ0) is 9.31. The van der Waals surface area contributed by atoms with Crippen molar-refractivity contribution in [2.24, 2.45) is 0 Å². The van der Waals surface area contributed by atoms with Crippen LogP contribution in [0.25, 0.3) is 0 Å². The molecule has 1 N–H and O–H groups in total. The molecule has 0 bridgehead atoms. The molecule has 0 saturated heterocycles. The number of fused-ring (bicyclic) bond motifs is 1. The molecule has 1 aromatic carbocycles. The molecule has 1 heteroatoms. The highest BCUT2D eigenvalue weighted by molar-refractivity contribution is 5.60. The lowest BCUT2D eigenvalue weighted by atomic mass is 9.97. The molecule has 1 atom stereocenters. The van der Waals surface area contributed by atoms with E-state index in [-0.39, 0.29) is 5.54 Å². The van der Waals surface area contributed by atoms with E-state index in [0.29, 0.717) is 0 Å². The van der Waals surface area contributed by atoms with Crippen molar-refractivity contribution in [1.82, 2.24) is 0 Å². The van der Waals surface area contributed by atoms with Gasteiger partial charge >= 0.3 is 0 Å². The Balaban J connectivity index is 2.31. The molecule has 1 aromatic rings. The first-order valence-corrected chi connectivity index (χ1v) is 4.73. The SMILES string of the molecule is C/C=C/C1(C)Cc2ccccc2N1. The second kappa shape index (κ2) is 2.91. The van der Waals surface area contributed by atoms with E-state index in [4.69, 9.17) is 0 Å². The van der Waals surface area contributed by atoms with E-state index < -0.39 is 0 Å². The van der Waals surface area contributed by atoms with Crippen LogP contribution in [0.2, 0.25) is 0 Å². The maximum absolute atomic E-state index is 3.52. The predicted molar refractivity (Wildman–Crippen MR) is 57.0 cm³/mol. The van der Waals surface area contributed by atoms with Crippen LogP contribution >= 0.6 is 0 Å². The normalized spacial score (nSPS) is 26.0. The number of hydrogen-bond donors (Lipinski definition) is 1. The molecule has 13 heavy (non-hydrogen) atoms. The second-order valence-electron chi connectivity index (χ2n) is 3.88. The van der Waals surface area contributed by atoms with E-state index in [1.54, 1.807) is 0 Å². The molecule has 0 saturated carbocycles. The zero-order valence-electron chi connectivity index (χ0n) is 8.17. The lowest BCUT2D eigenvalue weighted by Crippen LogP contribution is -2.28. The number of rotatable bonds is 1. The summed E-state index contributed by atoms with van der Waals surface area (Å²) in [5, 5.41) is 3.52. The molecule has 0 aliphatic carbocycles. The molecule has 0 spiro atoms. The van der Waals surface area contributed by atoms with Crippen LogP contribution in [0.1, 0.15) is 19.4 Å². The van der Waals surface area contributed by atoms with E-state index >= 15 is 0 Å². The van der Waals surface area contributed by atoms with Gasteiger partial charge in [0.25, 0.3) is 0 Å². The number of para-hydroxylation sites is 1. The summed E-state index contributed by atoms with van der Waals surface area (Å²) in [6.45, 7) is 4.29. The van der Waals surface area contributed by atoms with Crippen LogP contribution in [0, 0.1) is 0 Å². The standard InChI is InChI=1S/C12H15N/c1-3-8-12(2)9-10-6-4-5-7-11(10)13-12/h3-8,13H,9H2,1-2H3/b8-3+. The highest BCUT2D eigenvalue weighted by atomic mass is 15.0. The van der Waals surface area contributed by atoms with Gasteiger partial charge in [0.05, 0.1) is 5.54 Å². The van der Waals surface area contributed by atoms with Crippen LogP contribution in [-0.4, -0.2) is 5.54 Å². The van der Waals surface area contributed by atoms with Gasteiger partial charge in [0.2, 0.25) is 0 Å². The predicted octanol–water partition coefficient (Wildman–Crippen LogP) is 2.99. The Kier molecular flexibility index (Phi) is 1.87. The third-order valence-corrected chi connectivity index (χ3v) is 2.53. The van der Waals surface area contributed by atoms with Crippen LogP contribution in [0.3, 0.4) is 0 Å². The number of benzene rings is 1. The Morgan fingerprint density at radius 3 is 2.85 bits per heavy atom. The van der Waals surface area contributed by atoms with Gasteiger partial charge in [-0.25, -0.2) is 0 Å². The Morgan fingerprint density at radius 1 is 1.38 bits per heavy atom. The lowest BCUT2D eigenvalue weighted by Gasteiger charge is -2.20. The molecule has 1 aliphatic rings. The second-order valence-corrected chi connectivity index (χ2v) is 3.88. The molecule has 0 radical (unpaired) electrons. The Bertz CT molecular complexity index is 314. The number of allylic oxidation sites excluding steroid dienone is 1. The average molecular weight is 173 g/mol. The maximum atomic E-state index is 3.52. The number of anilines is 1. The van der Waals surface area contributed by atoms with Crippen LogP contribution < -0.4 is 5.32 Å². The minimum atomic E-state index is 0.123. The monoisotopic (exact) mass is 173 g/mol. The van der Waals surface area contributed by atoms with E-state index in [9.17, 15) is 0 Å². The number of hydrogen-bond acceptors (Lipinski definition) is 1. The topological polar surface area (TPSA) is 12.0 Å². The summed E-state index contributed by atoms with van der Waals surface area (Å²) in [5.41, 5.74) is 2.82. The number of nitrogens with one attached hydrogen (secondary N) is 1. The summed E-state index contributed by atoms with van der Waals surface area (Å²) in [6.07, 6.45) is 5.43. The van der Waals surface area contributed by atoms with Gasteiger partial charge in [-0.05, 0) is 25.5 Å². The molecule has 0 fully saturated rings. The van der Waals surface area contributed by atoms with Crippen molar-refractivity contribution in [3.05, 3.63) is 42.0 Å². The van der Waals surface area contributed by atoms with Crippen molar-refractivity contribution in [3.8, 4) is 0 Å². The van der Waals surface area contributed by atoms with Crippen molar-refractivity contribution in [2.75, 3.05) is 5.32 Å². The lowest BCUT2D eigenvalue weighted by molar-refractivity contribution is 0.666. The van der Waals surface area contributed by atoms with E-state index in [2.05, 4.69) is 55.6 Å². The summed E-state index contributed by atoms with van der Waals surface area (Å²) in [5.74, 6) is 0. The first-order chi connectivity index (χ1) is 6.23. The van der Waals surface area contributed by atoms with Gasteiger partial charge in [0.1, 0.15) is 0 Å². The zero-order valence-corrected chi connectivity index (χ0v) is 8.17. The minimum Gasteiger partial charge on any atom is -0.376 e. The molecule has 1 aliphatic heterocycles. The van der Waals surface area contributed by atoms with Gasteiger partial charge in [-0.1, -0.05) is 30.4 Å². The van der Waals surface area contributed by atoms with E-state index in [0.717, 1.165) is 6.42 Å². The molecule has 68 valence electrons. The van der Waals surface area contributed by atoms with Crippen molar-refractivity contribution in [1.29, 1.82) is 0 Å². The molecule has 0 aromatic heterocycles. The van der Waals surface area contributed by atoms with Gasteiger partial charge < -0.3 is 5.32 Å². The highest BCUT2D eigenvalue weighted by Crippen LogP contribution is 2.32. The van der Waals surface area contributed by atoms with Gasteiger partial charge in [0, 0.05) is 12.1 Å². The van der Waals surface area contributed by atoms with Crippen LogP contribution in [-0.2, 0) is 6.42 Å². The van der Waals surface area contributed by atoms with Gasteiger partial charge in [0.15, 0.2) is 0 Å². The summed E-state index contributed by atoms with van der Waals surface area (Å²) in [6, 6.07) is 8.51. The molecule has 2 rings (SSSR count). The largest absolute Gasteiger partial charge is 0.376 e. The summed E-state index contributed by atoms with van der Waals surface area (Å²) < 4.78 is 0. The molecule has 1 heterocycles. The smallest absolute Gasteiger partial charge is 0.0569 e. The Morgan fingerprint density at radius 2 is 2.15 bits per heavy atom. The fraction of sp³-hybridized carbons (Fsp3) is 0.333. The van der Waals surface area contributed by atoms with Crippen LogP contribution in [0.5, 0.6) is 0 Å². The van der Waals surface area contributed by atoms with Crippen molar-refractivity contribution in [3.63, 3.8) is 0 Å². The first kappa shape index (κ1) is 8.36. The van der Waals surface area contributed by atoms with Gasteiger partial charge in [-0.15, -0.1) is 0 Å². The third-order valence-electron chi connectivity index (χ3n) is 2.53. The molecule has 1 unspecified atom stereocenters. The van der Waals surface area contributed by atoms with Gasteiger partial charge in [-0.2, -0.15) is 0 Å². The Hall–Kier alpha value is -1.24. The third kappa shape index (κ3) is 1.46. The molecule has 0 amide bonds. The van der Waals surface area contributed by atoms with Crippen molar-refractivity contribution < 1.29 is 0 Å². The minimum absolute atomic E-state index is 0.123. The summed E-state index contributed by atoms with van der Waals surface area (Å²) >= 11 is 0. The molecular weight excluding hydrogens is 158 g/mol. The summed E-state index contributed by atoms with van der Waals surface area (Å²) in [7, 11) is 0. The van der Waals surface area contributed by atoms with E-state index in [1.807, 2.05) is 0 Å². The Labute approximate surface area is 79.5 Å². The fourth-order valence-corrected chi connectivity index (χ4v) is 2.01. The van der Waals surface area contributed by atoms with Crippen molar-refractivity contribution >= 4 is 5.69 Å². The first-order valence-electron chi connectivity index (χ1n) is 4.73. The van der Waals surface area contributed by atoms with Gasteiger partial charge in [-0.3, -0.25) is 0 Å². The molecule has 1 nitrogen and oxygen atoms in total. The quantitative estimate of drug-likeness (QED) is 0.644. The fourth-order valence-electron chi connectivity index (χ4n) is 2.01.